The molecule has 8 heteroatoms. The third-order valence-corrected chi connectivity index (χ3v) is 5.53. The van der Waals surface area contributed by atoms with Crippen LogP contribution in [0.3, 0.4) is 0 Å². The number of hydrogen-bond acceptors (Lipinski definition) is 4. The minimum Gasteiger partial charge on any atom is -0.375 e. The molecular formula is C19H27F2N5S. The first-order valence-electron chi connectivity index (χ1n) is 9.61. The molecule has 0 atom stereocenters. The van der Waals surface area contributed by atoms with Crippen molar-refractivity contribution < 1.29 is 8.78 Å². The number of piperazine rings is 1. The SMILES string of the molecule is NC(=S)NN=Cc1cc(F)c(N2CCN(C3CCCCCC3)CC2)cc1F. The number of anilines is 1. The Balaban J connectivity index is 1.62. The maximum Gasteiger partial charge on any atom is 0.184 e. The van der Waals surface area contributed by atoms with Gasteiger partial charge >= 0.3 is 0 Å². The first-order chi connectivity index (χ1) is 13.0. The van der Waals surface area contributed by atoms with E-state index < -0.39 is 11.6 Å². The number of nitrogens with zero attached hydrogens (tertiary/aromatic N) is 3. The highest BCUT2D eigenvalue weighted by Crippen LogP contribution is 2.27. The van der Waals surface area contributed by atoms with Crippen LogP contribution >= 0.6 is 12.2 Å². The first-order valence-corrected chi connectivity index (χ1v) is 10.0. The zero-order chi connectivity index (χ0) is 19.2. The zero-order valence-corrected chi connectivity index (χ0v) is 16.3. The monoisotopic (exact) mass is 395 g/mol. The van der Waals surface area contributed by atoms with Gasteiger partial charge in [-0.25, -0.2) is 8.78 Å². The van der Waals surface area contributed by atoms with Crippen molar-refractivity contribution in [3.8, 4) is 0 Å². The first kappa shape index (κ1) is 19.9. The summed E-state index contributed by atoms with van der Waals surface area (Å²) >= 11 is 4.61. The maximum atomic E-state index is 14.6. The molecule has 0 aromatic heterocycles. The predicted octanol–water partition coefficient (Wildman–Crippen LogP) is 2.98. The molecule has 1 saturated heterocycles. The standard InChI is InChI=1S/C19H27F2N5S/c20-16-12-18(17(21)11-14(16)13-23-24-19(22)27)26-9-7-25(8-10-26)15-5-3-1-2-4-6-15/h11-13,15H,1-10H2,(H3,22,24,27). The molecule has 0 spiro atoms. The quantitative estimate of drug-likeness (QED) is 0.355. The fourth-order valence-electron chi connectivity index (χ4n) is 4.01. The van der Waals surface area contributed by atoms with Gasteiger partial charge in [0.25, 0.3) is 0 Å². The van der Waals surface area contributed by atoms with E-state index in [-0.39, 0.29) is 10.7 Å². The summed E-state index contributed by atoms with van der Waals surface area (Å²) < 4.78 is 28.9. The second kappa shape index (κ2) is 9.41. The van der Waals surface area contributed by atoms with Crippen LogP contribution in [0.1, 0.15) is 44.1 Å². The van der Waals surface area contributed by atoms with Crippen LogP contribution in [0.2, 0.25) is 0 Å². The Morgan fingerprint density at radius 3 is 2.37 bits per heavy atom. The second-order valence-electron chi connectivity index (χ2n) is 7.23. The van der Waals surface area contributed by atoms with Gasteiger partial charge in [-0.1, -0.05) is 25.7 Å². The number of nitrogens with two attached hydrogens (primary N) is 1. The molecule has 2 fully saturated rings. The van der Waals surface area contributed by atoms with Gasteiger partial charge in [-0.2, -0.15) is 5.10 Å². The largest absolute Gasteiger partial charge is 0.375 e. The van der Waals surface area contributed by atoms with E-state index in [1.54, 1.807) is 0 Å². The molecule has 3 N–H and O–H groups in total. The van der Waals surface area contributed by atoms with E-state index in [1.807, 2.05) is 4.90 Å². The summed E-state index contributed by atoms with van der Waals surface area (Å²) in [4.78, 5) is 4.46. The molecule has 1 saturated carbocycles. The second-order valence-corrected chi connectivity index (χ2v) is 7.67. The summed E-state index contributed by atoms with van der Waals surface area (Å²) in [5, 5.41) is 3.65. The lowest BCUT2D eigenvalue weighted by Crippen LogP contribution is -2.50. The molecule has 3 rings (SSSR count). The van der Waals surface area contributed by atoms with Gasteiger partial charge in [-0.15, -0.1) is 0 Å². The minimum atomic E-state index is -0.522. The van der Waals surface area contributed by atoms with E-state index in [2.05, 4.69) is 27.6 Å². The van der Waals surface area contributed by atoms with Crippen LogP contribution in [-0.2, 0) is 0 Å². The topological polar surface area (TPSA) is 56.9 Å². The summed E-state index contributed by atoms with van der Waals surface area (Å²) in [6, 6.07) is 3.06. The Morgan fingerprint density at radius 1 is 1.07 bits per heavy atom. The van der Waals surface area contributed by atoms with E-state index in [4.69, 9.17) is 5.73 Å². The van der Waals surface area contributed by atoms with Crippen LogP contribution in [0.25, 0.3) is 0 Å². The average Bonchev–Trinajstić information content (AvgIpc) is 2.93. The number of rotatable bonds is 4. The third-order valence-electron chi connectivity index (χ3n) is 5.44. The van der Waals surface area contributed by atoms with E-state index in [0.717, 1.165) is 19.2 Å². The molecule has 5 nitrogen and oxygen atoms in total. The van der Waals surface area contributed by atoms with Crippen LogP contribution < -0.4 is 16.1 Å². The molecule has 1 aliphatic carbocycles. The molecule has 1 aliphatic heterocycles. The smallest absolute Gasteiger partial charge is 0.184 e. The van der Waals surface area contributed by atoms with Gasteiger partial charge < -0.3 is 10.6 Å². The summed E-state index contributed by atoms with van der Waals surface area (Å²) in [6.45, 7) is 3.21. The van der Waals surface area contributed by atoms with Crippen molar-refractivity contribution >= 4 is 29.2 Å². The number of nitrogens with one attached hydrogen (secondary N) is 1. The molecule has 1 aromatic carbocycles. The maximum absolute atomic E-state index is 14.6. The molecule has 0 unspecified atom stereocenters. The van der Waals surface area contributed by atoms with Gasteiger partial charge in [0.2, 0.25) is 0 Å². The summed E-state index contributed by atoms with van der Waals surface area (Å²) in [5.41, 5.74) is 7.95. The van der Waals surface area contributed by atoms with Gasteiger partial charge in [-0.05, 0) is 31.1 Å². The average molecular weight is 396 g/mol. The highest BCUT2D eigenvalue weighted by atomic mass is 32.1. The predicted molar refractivity (Wildman–Crippen MR) is 109 cm³/mol. The fraction of sp³-hybridized carbons (Fsp3) is 0.579. The Labute approximate surface area is 164 Å². The number of thiocarbonyl (C=S) groups is 1. The Bertz CT molecular complexity index is 681. The Kier molecular flexibility index (Phi) is 6.95. The summed E-state index contributed by atoms with van der Waals surface area (Å²) in [6.07, 6.45) is 8.97. The molecule has 0 bridgehead atoms. The van der Waals surface area contributed by atoms with E-state index in [1.165, 1.54) is 50.8 Å². The minimum absolute atomic E-state index is 0.0321. The molecule has 27 heavy (non-hydrogen) atoms. The van der Waals surface area contributed by atoms with Crippen LogP contribution in [0, 0.1) is 11.6 Å². The lowest BCUT2D eigenvalue weighted by Gasteiger charge is -2.40. The van der Waals surface area contributed by atoms with Crippen molar-refractivity contribution in [2.75, 3.05) is 31.1 Å². The van der Waals surface area contributed by atoms with E-state index in [0.29, 0.717) is 24.8 Å². The van der Waals surface area contributed by atoms with Crippen molar-refractivity contribution in [3.05, 3.63) is 29.3 Å². The highest BCUT2D eigenvalue weighted by molar-refractivity contribution is 7.80. The number of hydrogen-bond donors (Lipinski definition) is 2. The molecule has 2 aliphatic rings. The zero-order valence-electron chi connectivity index (χ0n) is 15.5. The Morgan fingerprint density at radius 2 is 1.74 bits per heavy atom. The molecule has 148 valence electrons. The van der Waals surface area contributed by atoms with Gasteiger partial charge in [-0.3, -0.25) is 10.3 Å². The van der Waals surface area contributed by atoms with E-state index >= 15 is 0 Å². The van der Waals surface area contributed by atoms with Crippen LogP contribution in [0.5, 0.6) is 0 Å². The highest BCUT2D eigenvalue weighted by Gasteiger charge is 2.26. The molecular weight excluding hydrogens is 368 g/mol. The van der Waals surface area contributed by atoms with Gasteiger partial charge in [0.15, 0.2) is 5.11 Å². The third kappa shape index (κ3) is 5.35. The lowest BCUT2D eigenvalue weighted by molar-refractivity contribution is 0.169. The number of halogens is 2. The molecule has 0 amide bonds. The summed E-state index contributed by atoms with van der Waals surface area (Å²) in [7, 11) is 0. The van der Waals surface area contributed by atoms with Crippen molar-refractivity contribution in [1.82, 2.24) is 10.3 Å². The fourth-order valence-corrected chi connectivity index (χ4v) is 4.06. The van der Waals surface area contributed by atoms with Gasteiger partial charge in [0, 0.05) is 43.9 Å². The normalized spacial score (nSPS) is 20.0. The molecule has 1 aromatic rings. The van der Waals surface area contributed by atoms with Gasteiger partial charge in [0.05, 0.1) is 11.9 Å². The van der Waals surface area contributed by atoms with Crippen molar-refractivity contribution in [2.45, 2.75) is 44.6 Å². The van der Waals surface area contributed by atoms with Crippen molar-refractivity contribution in [3.63, 3.8) is 0 Å². The van der Waals surface area contributed by atoms with Crippen molar-refractivity contribution in [1.29, 1.82) is 0 Å². The van der Waals surface area contributed by atoms with Crippen LogP contribution in [0.4, 0.5) is 14.5 Å². The van der Waals surface area contributed by atoms with E-state index in [9.17, 15) is 8.78 Å². The number of hydrazone groups is 1. The van der Waals surface area contributed by atoms with Crippen LogP contribution in [0.15, 0.2) is 17.2 Å². The number of benzene rings is 1. The molecule has 0 radical (unpaired) electrons. The molecule has 1 heterocycles. The van der Waals surface area contributed by atoms with Crippen molar-refractivity contribution in [2.24, 2.45) is 10.8 Å². The van der Waals surface area contributed by atoms with Crippen LogP contribution in [-0.4, -0.2) is 48.4 Å². The van der Waals surface area contributed by atoms with Gasteiger partial charge in [0.1, 0.15) is 11.6 Å². The Hall–Kier alpha value is -1.80. The summed E-state index contributed by atoms with van der Waals surface area (Å²) in [5.74, 6) is -0.970. The lowest BCUT2D eigenvalue weighted by atomic mass is 10.1.